The van der Waals surface area contributed by atoms with Crippen LogP contribution in [0.5, 0.6) is 0 Å². The lowest BCUT2D eigenvalue weighted by molar-refractivity contribution is 0.0733. The molecule has 1 atom stereocenters. The molecule has 1 aliphatic heterocycles. The van der Waals surface area contributed by atoms with E-state index in [1.54, 1.807) is 17.5 Å². The van der Waals surface area contributed by atoms with Crippen molar-refractivity contribution in [2.24, 2.45) is 0 Å². The van der Waals surface area contributed by atoms with E-state index in [2.05, 4.69) is 23.7 Å². The fourth-order valence-electron chi connectivity index (χ4n) is 3.23. The molecule has 0 bridgehead atoms. The van der Waals surface area contributed by atoms with Crippen molar-refractivity contribution in [3.05, 3.63) is 45.7 Å². The van der Waals surface area contributed by atoms with Crippen LogP contribution in [0.1, 0.15) is 65.3 Å². The van der Waals surface area contributed by atoms with Crippen molar-refractivity contribution in [1.82, 2.24) is 19.8 Å². The number of hydrogen-bond acceptors (Lipinski definition) is 5. The maximum atomic E-state index is 13.0. The fraction of sp³-hybridized carbons (Fsp3) is 0.526. The second kappa shape index (κ2) is 7.62. The molecule has 0 aliphatic carbocycles. The molecular weight excluding hydrogens is 332 g/mol. The van der Waals surface area contributed by atoms with Crippen molar-refractivity contribution in [1.29, 1.82) is 0 Å². The van der Waals surface area contributed by atoms with E-state index in [0.717, 1.165) is 42.9 Å². The van der Waals surface area contributed by atoms with E-state index < -0.39 is 0 Å². The zero-order chi connectivity index (χ0) is 18.0. The lowest BCUT2D eigenvalue weighted by Crippen LogP contribution is -2.31. The van der Waals surface area contributed by atoms with E-state index >= 15 is 0 Å². The first-order valence-electron chi connectivity index (χ1n) is 8.80. The highest BCUT2D eigenvalue weighted by Gasteiger charge is 2.32. The smallest absolute Gasteiger partial charge is 0.255 e. The minimum atomic E-state index is 0.0320. The second-order valence-corrected chi connectivity index (χ2v) is 8.16. The van der Waals surface area contributed by atoms with E-state index in [1.807, 2.05) is 36.6 Å². The van der Waals surface area contributed by atoms with Crippen molar-refractivity contribution in [3.8, 4) is 0 Å². The molecule has 2 aromatic rings. The summed E-state index contributed by atoms with van der Waals surface area (Å²) in [5.41, 5.74) is 2.65. The summed E-state index contributed by atoms with van der Waals surface area (Å²) in [4.78, 5) is 27.4. The van der Waals surface area contributed by atoms with Crippen LogP contribution in [-0.2, 0) is 6.54 Å². The number of nitrogens with zero attached hydrogens (tertiary/aromatic N) is 4. The maximum absolute atomic E-state index is 13.0. The van der Waals surface area contributed by atoms with E-state index in [1.165, 1.54) is 4.88 Å². The largest absolute Gasteiger partial charge is 0.330 e. The number of carbonyl (C=O) groups is 1. The molecule has 25 heavy (non-hydrogen) atoms. The topological polar surface area (TPSA) is 49.3 Å². The molecule has 3 rings (SSSR count). The molecular formula is C19H26N4OS. The van der Waals surface area contributed by atoms with Gasteiger partial charge < -0.3 is 9.80 Å². The van der Waals surface area contributed by atoms with Crippen LogP contribution in [0.3, 0.4) is 0 Å². The summed E-state index contributed by atoms with van der Waals surface area (Å²) >= 11 is 1.67. The average molecular weight is 359 g/mol. The van der Waals surface area contributed by atoms with Crippen molar-refractivity contribution in [3.63, 3.8) is 0 Å². The van der Waals surface area contributed by atoms with Gasteiger partial charge in [0.1, 0.15) is 0 Å². The first kappa shape index (κ1) is 18.0. The van der Waals surface area contributed by atoms with E-state index in [0.29, 0.717) is 5.92 Å². The number of carbonyl (C=O) groups excluding carboxylic acids is 1. The molecule has 0 saturated carbocycles. The Morgan fingerprint density at radius 2 is 2.20 bits per heavy atom. The Kier molecular flexibility index (Phi) is 5.49. The summed E-state index contributed by atoms with van der Waals surface area (Å²) in [6.45, 7) is 5.86. The molecule has 0 spiro atoms. The summed E-state index contributed by atoms with van der Waals surface area (Å²) in [7, 11) is 4.03. The summed E-state index contributed by atoms with van der Waals surface area (Å²) in [5.74, 6) is 0.569. The van der Waals surface area contributed by atoms with Crippen LogP contribution in [0, 0.1) is 0 Å². The Hall–Kier alpha value is -1.79. The Labute approximate surface area is 153 Å². The molecule has 1 saturated heterocycles. The normalized spacial score (nSPS) is 17.7. The predicted octanol–water partition coefficient (Wildman–Crippen LogP) is 3.70. The number of thiophene rings is 1. The molecule has 0 N–H and O–H groups in total. The van der Waals surface area contributed by atoms with Gasteiger partial charge in [-0.05, 0) is 38.9 Å². The van der Waals surface area contributed by atoms with E-state index in [9.17, 15) is 4.79 Å². The van der Waals surface area contributed by atoms with Crippen molar-refractivity contribution in [2.45, 2.75) is 45.2 Å². The standard InChI is InChI=1S/C19H26N4OS/c1-13(2)18-8-14(12-25-18)19(24)23-7-5-6-17(23)16-10-20-9-15(21-16)11-22(3)4/h8-10,12-13,17H,5-7,11H2,1-4H3/t17-/m0/s1. The van der Waals surface area contributed by atoms with Gasteiger partial charge in [-0.15, -0.1) is 11.3 Å². The van der Waals surface area contributed by atoms with Crippen LogP contribution in [-0.4, -0.2) is 46.3 Å². The molecule has 0 unspecified atom stereocenters. The van der Waals surface area contributed by atoms with Gasteiger partial charge >= 0.3 is 0 Å². The molecule has 6 heteroatoms. The Morgan fingerprint density at radius 3 is 2.88 bits per heavy atom. The third-order valence-corrected chi connectivity index (χ3v) is 5.71. The third-order valence-electron chi connectivity index (χ3n) is 4.47. The van der Waals surface area contributed by atoms with Crippen LogP contribution in [0.15, 0.2) is 23.8 Å². The van der Waals surface area contributed by atoms with E-state index in [-0.39, 0.29) is 11.9 Å². The van der Waals surface area contributed by atoms with Crippen LogP contribution in [0.2, 0.25) is 0 Å². The number of amides is 1. The molecule has 2 aromatic heterocycles. The number of hydrogen-bond donors (Lipinski definition) is 0. The Balaban J connectivity index is 1.81. The van der Waals surface area contributed by atoms with Gasteiger partial charge in [-0.2, -0.15) is 0 Å². The van der Waals surface area contributed by atoms with Crippen LogP contribution >= 0.6 is 11.3 Å². The zero-order valence-corrected chi connectivity index (χ0v) is 16.2. The lowest BCUT2D eigenvalue weighted by Gasteiger charge is -2.24. The third kappa shape index (κ3) is 4.07. The number of aromatic nitrogens is 2. The highest BCUT2D eigenvalue weighted by atomic mass is 32.1. The zero-order valence-electron chi connectivity index (χ0n) is 15.4. The second-order valence-electron chi connectivity index (χ2n) is 7.22. The molecule has 1 fully saturated rings. The lowest BCUT2D eigenvalue weighted by atomic mass is 10.1. The van der Waals surface area contributed by atoms with Gasteiger partial charge in [-0.25, -0.2) is 0 Å². The van der Waals surface area contributed by atoms with E-state index in [4.69, 9.17) is 4.98 Å². The first-order valence-corrected chi connectivity index (χ1v) is 9.68. The predicted molar refractivity (Wildman–Crippen MR) is 101 cm³/mol. The summed E-state index contributed by atoms with van der Waals surface area (Å²) in [6.07, 6.45) is 5.57. The Bertz CT molecular complexity index is 741. The minimum absolute atomic E-state index is 0.0320. The molecule has 1 amide bonds. The molecule has 5 nitrogen and oxygen atoms in total. The van der Waals surface area contributed by atoms with Crippen molar-refractivity contribution in [2.75, 3.05) is 20.6 Å². The summed E-state index contributed by atoms with van der Waals surface area (Å²) < 4.78 is 0. The van der Waals surface area contributed by atoms with Gasteiger partial charge in [0.2, 0.25) is 0 Å². The minimum Gasteiger partial charge on any atom is -0.330 e. The Morgan fingerprint density at radius 1 is 1.40 bits per heavy atom. The highest BCUT2D eigenvalue weighted by molar-refractivity contribution is 7.10. The van der Waals surface area contributed by atoms with Gasteiger partial charge in [0.25, 0.3) is 5.91 Å². The molecule has 1 aliphatic rings. The van der Waals surface area contributed by atoms with Gasteiger partial charge in [0.05, 0.1) is 29.2 Å². The van der Waals surface area contributed by atoms with Crippen LogP contribution in [0.25, 0.3) is 0 Å². The molecule has 0 radical (unpaired) electrons. The van der Waals surface area contributed by atoms with Gasteiger partial charge in [-0.1, -0.05) is 13.8 Å². The van der Waals surface area contributed by atoms with Gasteiger partial charge in [0, 0.05) is 29.5 Å². The van der Waals surface area contributed by atoms with Crippen LogP contribution < -0.4 is 0 Å². The first-order chi connectivity index (χ1) is 12.0. The van der Waals surface area contributed by atoms with Gasteiger partial charge in [-0.3, -0.25) is 14.8 Å². The maximum Gasteiger partial charge on any atom is 0.255 e. The highest BCUT2D eigenvalue weighted by Crippen LogP contribution is 2.33. The molecule has 0 aromatic carbocycles. The van der Waals surface area contributed by atoms with Crippen molar-refractivity contribution < 1.29 is 4.79 Å². The number of rotatable bonds is 5. The van der Waals surface area contributed by atoms with Crippen molar-refractivity contribution >= 4 is 17.2 Å². The van der Waals surface area contributed by atoms with Crippen LogP contribution in [0.4, 0.5) is 0 Å². The molecule has 3 heterocycles. The number of likely N-dealkylation sites (tertiary alicyclic amines) is 1. The average Bonchev–Trinajstić information content (AvgIpc) is 3.23. The SMILES string of the molecule is CC(C)c1cc(C(=O)N2CCC[C@H]2c2cncc(CN(C)C)n2)cs1. The summed E-state index contributed by atoms with van der Waals surface area (Å²) in [5, 5.41) is 1.99. The van der Waals surface area contributed by atoms with Gasteiger partial charge in [0.15, 0.2) is 0 Å². The molecule has 134 valence electrons. The fourth-order valence-corrected chi connectivity index (χ4v) is 4.13. The summed E-state index contributed by atoms with van der Waals surface area (Å²) in [6, 6.07) is 2.07. The quantitative estimate of drug-likeness (QED) is 0.818. The monoisotopic (exact) mass is 358 g/mol.